The lowest BCUT2D eigenvalue weighted by molar-refractivity contribution is -0.169. The standard InChI is InChI=1S/C10H17N.C9H14O6S/c11-10-4-7-1-8(5-10)3-9(2-7)6-10;1-5(4-16)9(13)15-6(8(11)12)3-7(10)14-2/h7-9H,1-6,11H2;5-6,16H,3-4H2,1-2H3,(H,11,12)/t;5?,6-/m.0/s1. The summed E-state index contributed by atoms with van der Waals surface area (Å²) < 4.78 is 8.94. The highest BCUT2D eigenvalue weighted by molar-refractivity contribution is 7.80. The molecule has 154 valence electrons. The first kappa shape index (κ1) is 22.0. The summed E-state index contributed by atoms with van der Waals surface area (Å²) >= 11 is 3.88. The van der Waals surface area contributed by atoms with Gasteiger partial charge in [-0.25, -0.2) is 4.79 Å². The lowest BCUT2D eigenvalue weighted by Gasteiger charge is -2.55. The largest absolute Gasteiger partial charge is 0.478 e. The summed E-state index contributed by atoms with van der Waals surface area (Å²) in [5, 5.41) is 8.72. The Morgan fingerprint density at radius 1 is 1.15 bits per heavy atom. The molecule has 0 radical (unpaired) electrons. The topological polar surface area (TPSA) is 116 Å². The van der Waals surface area contributed by atoms with Crippen LogP contribution in [0.2, 0.25) is 0 Å². The number of ether oxygens (including phenoxy) is 2. The molecule has 1 unspecified atom stereocenters. The second kappa shape index (κ2) is 9.28. The van der Waals surface area contributed by atoms with E-state index < -0.39 is 36.4 Å². The number of aliphatic carboxylic acids is 1. The van der Waals surface area contributed by atoms with Gasteiger partial charge in [-0.1, -0.05) is 6.92 Å². The van der Waals surface area contributed by atoms with Crippen LogP contribution in [0.4, 0.5) is 0 Å². The third kappa shape index (κ3) is 6.10. The number of carbonyl (C=O) groups excluding carboxylic acids is 2. The molecule has 4 fully saturated rings. The Labute approximate surface area is 165 Å². The SMILES string of the molecule is COC(=O)C[C@H](OC(=O)C(C)CS)C(=O)O.NC12CC3CC(CC(C3)C1)C2. The average molecular weight is 402 g/mol. The van der Waals surface area contributed by atoms with Gasteiger partial charge in [-0.05, 0) is 56.3 Å². The van der Waals surface area contributed by atoms with Crippen LogP contribution in [-0.4, -0.2) is 47.5 Å². The van der Waals surface area contributed by atoms with E-state index in [2.05, 4.69) is 22.1 Å². The normalized spacial score (nSPS) is 32.7. The Morgan fingerprint density at radius 3 is 1.96 bits per heavy atom. The van der Waals surface area contributed by atoms with E-state index in [0.717, 1.165) is 24.9 Å². The highest BCUT2D eigenvalue weighted by Crippen LogP contribution is 2.54. The van der Waals surface area contributed by atoms with Crippen LogP contribution in [0.25, 0.3) is 0 Å². The first-order valence-electron chi connectivity index (χ1n) is 9.55. The van der Waals surface area contributed by atoms with Gasteiger partial charge in [0, 0.05) is 11.3 Å². The molecule has 0 aromatic rings. The van der Waals surface area contributed by atoms with Crippen molar-refractivity contribution in [2.45, 2.75) is 63.5 Å². The van der Waals surface area contributed by atoms with Crippen LogP contribution < -0.4 is 5.73 Å². The Kier molecular flexibility index (Phi) is 7.56. The fourth-order valence-electron chi connectivity index (χ4n) is 4.92. The quantitative estimate of drug-likeness (QED) is 0.460. The molecular formula is C19H31NO6S. The van der Waals surface area contributed by atoms with Crippen molar-refractivity contribution in [1.82, 2.24) is 0 Å². The summed E-state index contributed by atoms with van der Waals surface area (Å²) in [6.07, 6.45) is 6.55. The molecule has 0 saturated heterocycles. The minimum atomic E-state index is -1.51. The lowest BCUT2D eigenvalue weighted by Crippen LogP contribution is -2.55. The van der Waals surface area contributed by atoms with Crippen molar-refractivity contribution in [3.8, 4) is 0 Å². The number of esters is 2. The number of carboxylic acids is 1. The first-order chi connectivity index (χ1) is 12.7. The number of hydrogen-bond acceptors (Lipinski definition) is 7. The van der Waals surface area contributed by atoms with Gasteiger partial charge < -0.3 is 20.3 Å². The minimum absolute atomic E-state index is 0.239. The molecule has 27 heavy (non-hydrogen) atoms. The summed E-state index contributed by atoms with van der Waals surface area (Å²) in [4.78, 5) is 32.8. The molecule has 4 aliphatic rings. The molecule has 7 nitrogen and oxygen atoms in total. The van der Waals surface area contributed by atoms with Gasteiger partial charge in [0.25, 0.3) is 0 Å². The third-order valence-corrected chi connectivity index (χ3v) is 6.42. The zero-order valence-corrected chi connectivity index (χ0v) is 17.0. The Balaban J connectivity index is 0.000000203. The van der Waals surface area contributed by atoms with Crippen LogP contribution in [-0.2, 0) is 23.9 Å². The van der Waals surface area contributed by atoms with Gasteiger partial charge in [0.1, 0.15) is 0 Å². The van der Waals surface area contributed by atoms with Crippen LogP contribution in [0.15, 0.2) is 0 Å². The van der Waals surface area contributed by atoms with Crippen LogP contribution in [0.5, 0.6) is 0 Å². The number of nitrogens with two attached hydrogens (primary N) is 1. The van der Waals surface area contributed by atoms with Gasteiger partial charge in [0.05, 0.1) is 19.4 Å². The summed E-state index contributed by atoms with van der Waals surface area (Å²) in [6.45, 7) is 1.55. The monoisotopic (exact) mass is 401 g/mol. The summed E-state index contributed by atoms with van der Waals surface area (Å²) in [5.74, 6) is -0.0645. The Bertz CT molecular complexity index is 531. The van der Waals surface area contributed by atoms with E-state index in [-0.39, 0.29) is 5.75 Å². The average Bonchev–Trinajstić information content (AvgIpc) is 2.58. The molecule has 4 aliphatic carbocycles. The smallest absolute Gasteiger partial charge is 0.345 e. The van der Waals surface area contributed by atoms with Gasteiger partial charge in [-0.3, -0.25) is 9.59 Å². The molecule has 0 aliphatic heterocycles. The first-order valence-corrected chi connectivity index (χ1v) is 10.2. The fourth-order valence-corrected chi connectivity index (χ4v) is 5.07. The second-order valence-electron chi connectivity index (χ2n) is 8.41. The van der Waals surface area contributed by atoms with Crippen molar-refractivity contribution in [2.24, 2.45) is 29.4 Å². The van der Waals surface area contributed by atoms with Crippen molar-refractivity contribution in [1.29, 1.82) is 0 Å². The van der Waals surface area contributed by atoms with Crippen molar-refractivity contribution in [2.75, 3.05) is 12.9 Å². The summed E-state index contributed by atoms with van der Waals surface area (Å²) in [5.41, 5.74) is 6.62. The molecule has 0 aromatic heterocycles. The summed E-state index contributed by atoms with van der Waals surface area (Å²) in [6, 6.07) is 0. The molecule has 2 atom stereocenters. The molecule has 0 spiro atoms. The molecule has 8 heteroatoms. The predicted octanol–water partition coefficient (Wildman–Crippen LogP) is 2.03. The number of rotatable bonds is 6. The maximum atomic E-state index is 11.3. The fraction of sp³-hybridized carbons (Fsp3) is 0.842. The van der Waals surface area contributed by atoms with Crippen LogP contribution >= 0.6 is 12.6 Å². The molecule has 4 saturated carbocycles. The number of hydrogen-bond donors (Lipinski definition) is 3. The molecule has 0 aromatic carbocycles. The zero-order valence-electron chi connectivity index (χ0n) is 16.1. The highest BCUT2D eigenvalue weighted by Gasteiger charge is 2.48. The maximum Gasteiger partial charge on any atom is 0.345 e. The Morgan fingerprint density at radius 2 is 1.63 bits per heavy atom. The van der Waals surface area contributed by atoms with Crippen LogP contribution in [0, 0.1) is 23.7 Å². The number of methoxy groups -OCH3 is 1. The van der Waals surface area contributed by atoms with Gasteiger partial charge in [0.15, 0.2) is 0 Å². The maximum absolute atomic E-state index is 11.3. The minimum Gasteiger partial charge on any atom is -0.478 e. The summed E-state index contributed by atoms with van der Waals surface area (Å²) in [7, 11) is 1.12. The van der Waals surface area contributed by atoms with Crippen molar-refractivity contribution >= 4 is 30.5 Å². The molecular weight excluding hydrogens is 370 g/mol. The van der Waals surface area contributed by atoms with E-state index in [0.29, 0.717) is 5.54 Å². The van der Waals surface area contributed by atoms with Crippen LogP contribution in [0.1, 0.15) is 51.9 Å². The zero-order chi connectivity index (χ0) is 20.2. The van der Waals surface area contributed by atoms with Crippen molar-refractivity contribution in [3.05, 3.63) is 0 Å². The van der Waals surface area contributed by atoms with E-state index in [1.54, 1.807) is 6.92 Å². The van der Waals surface area contributed by atoms with Crippen molar-refractivity contribution in [3.63, 3.8) is 0 Å². The molecule has 3 N–H and O–H groups in total. The Hall–Kier alpha value is -1.28. The second-order valence-corrected chi connectivity index (χ2v) is 8.77. The van der Waals surface area contributed by atoms with Gasteiger partial charge in [-0.2, -0.15) is 12.6 Å². The number of thiol groups is 1. The number of carbonyl (C=O) groups is 3. The van der Waals surface area contributed by atoms with E-state index in [9.17, 15) is 14.4 Å². The van der Waals surface area contributed by atoms with E-state index in [4.69, 9.17) is 10.8 Å². The van der Waals surface area contributed by atoms with Gasteiger partial charge >= 0.3 is 17.9 Å². The van der Waals surface area contributed by atoms with Gasteiger partial charge in [-0.15, -0.1) is 0 Å². The van der Waals surface area contributed by atoms with E-state index in [1.165, 1.54) is 38.5 Å². The molecule has 0 amide bonds. The highest BCUT2D eigenvalue weighted by atomic mass is 32.1. The predicted molar refractivity (Wildman–Crippen MR) is 102 cm³/mol. The van der Waals surface area contributed by atoms with Gasteiger partial charge in [0.2, 0.25) is 6.10 Å². The van der Waals surface area contributed by atoms with Crippen molar-refractivity contribution < 1.29 is 29.0 Å². The molecule has 4 bridgehead atoms. The third-order valence-electron chi connectivity index (χ3n) is 5.88. The molecule has 0 heterocycles. The van der Waals surface area contributed by atoms with Crippen LogP contribution in [0.3, 0.4) is 0 Å². The van der Waals surface area contributed by atoms with E-state index >= 15 is 0 Å². The van der Waals surface area contributed by atoms with E-state index in [1.807, 2.05) is 0 Å². The lowest BCUT2D eigenvalue weighted by atomic mass is 9.53. The number of carboxylic acid groups (broad SMARTS) is 1. The molecule has 4 rings (SSSR count).